The lowest BCUT2D eigenvalue weighted by Gasteiger charge is -1.68. The van der Waals surface area contributed by atoms with Crippen LogP contribution in [0.3, 0.4) is 0 Å². The van der Waals surface area contributed by atoms with Crippen molar-refractivity contribution in [3.05, 3.63) is 17.5 Å². The summed E-state index contributed by atoms with van der Waals surface area (Å²) in [6.07, 6.45) is 0. The van der Waals surface area contributed by atoms with E-state index in [9.17, 15) is 0 Å². The van der Waals surface area contributed by atoms with E-state index >= 15 is 0 Å². The summed E-state index contributed by atoms with van der Waals surface area (Å²) in [7, 11) is 0. The van der Waals surface area contributed by atoms with Crippen LogP contribution in [0.4, 0.5) is 5.00 Å². The Labute approximate surface area is 51.2 Å². The van der Waals surface area contributed by atoms with Gasteiger partial charge in [-0.1, -0.05) is 0 Å². The van der Waals surface area contributed by atoms with E-state index in [1.807, 2.05) is 17.5 Å². The Morgan fingerprint density at radius 2 is 2.57 bits per heavy atom. The van der Waals surface area contributed by atoms with Crippen LogP contribution in [-0.2, 0) is 12.4 Å². The Kier molecular flexibility index (Phi) is 1.49. The molecular weight excluding hydrogens is 126 g/mol. The lowest BCUT2D eigenvalue weighted by atomic mass is 10.6. The molecule has 7 heavy (non-hydrogen) atoms. The molecule has 0 bridgehead atoms. The number of nitrogens with zero attached hydrogens (tertiary/aromatic N) is 1. The van der Waals surface area contributed by atoms with Gasteiger partial charge < -0.3 is 0 Å². The van der Waals surface area contributed by atoms with Gasteiger partial charge in [0.25, 0.3) is 0 Å². The monoisotopic (exact) mass is 129 g/mol. The Hall–Kier alpha value is -0.280. The highest BCUT2D eigenvalue weighted by Gasteiger charge is 1.81. The van der Waals surface area contributed by atoms with Crippen molar-refractivity contribution in [2.24, 2.45) is 4.36 Å². The molecule has 0 aliphatic carbocycles. The number of rotatable bonds is 1. The SMILES string of the molecule is S=Nc1cccs1. The first-order chi connectivity index (χ1) is 3.43. The highest BCUT2D eigenvalue weighted by atomic mass is 32.1. The van der Waals surface area contributed by atoms with Crippen LogP contribution >= 0.6 is 11.3 Å². The van der Waals surface area contributed by atoms with Gasteiger partial charge in [0.1, 0.15) is 5.00 Å². The first-order valence-corrected chi connectivity index (χ1v) is 3.05. The van der Waals surface area contributed by atoms with E-state index < -0.39 is 0 Å². The molecule has 0 saturated carbocycles. The van der Waals surface area contributed by atoms with Gasteiger partial charge in [0.05, 0.1) is 0 Å². The zero-order valence-electron chi connectivity index (χ0n) is 3.50. The van der Waals surface area contributed by atoms with Crippen LogP contribution in [0.2, 0.25) is 0 Å². The molecule has 0 fully saturated rings. The van der Waals surface area contributed by atoms with Crippen LogP contribution < -0.4 is 0 Å². The Morgan fingerprint density at radius 1 is 1.71 bits per heavy atom. The normalized spacial score (nSPS) is 8.57. The topological polar surface area (TPSA) is 12.4 Å². The van der Waals surface area contributed by atoms with Gasteiger partial charge >= 0.3 is 0 Å². The minimum atomic E-state index is 0.912. The molecule has 0 radical (unpaired) electrons. The van der Waals surface area contributed by atoms with Gasteiger partial charge in [-0.25, -0.2) is 0 Å². The highest BCUT2D eigenvalue weighted by molar-refractivity contribution is 7.47. The van der Waals surface area contributed by atoms with E-state index in [1.54, 1.807) is 11.3 Å². The van der Waals surface area contributed by atoms with Gasteiger partial charge in [0.15, 0.2) is 0 Å². The third-order valence-electron chi connectivity index (χ3n) is 0.596. The molecule has 0 aliphatic rings. The zero-order valence-corrected chi connectivity index (χ0v) is 5.13. The average Bonchev–Trinajstić information content (AvgIpc) is 2.14. The molecule has 0 aliphatic heterocycles. The van der Waals surface area contributed by atoms with Crippen molar-refractivity contribution in [1.82, 2.24) is 0 Å². The Morgan fingerprint density at radius 3 is 2.86 bits per heavy atom. The molecule has 36 valence electrons. The minimum Gasteiger partial charge on any atom is -0.171 e. The molecule has 0 unspecified atom stereocenters. The van der Waals surface area contributed by atoms with Crippen molar-refractivity contribution in [1.29, 1.82) is 0 Å². The first kappa shape index (κ1) is 4.87. The summed E-state index contributed by atoms with van der Waals surface area (Å²) in [5.41, 5.74) is 0. The standard InChI is InChI=1S/C4H3NS2/c6-5-4-2-1-3-7-4/h1-3H. The maximum Gasteiger partial charge on any atom is 0.129 e. The second-order valence-electron chi connectivity index (χ2n) is 1.04. The maximum atomic E-state index is 4.41. The van der Waals surface area contributed by atoms with Crippen molar-refractivity contribution in [2.75, 3.05) is 0 Å². The molecule has 0 amide bonds. The van der Waals surface area contributed by atoms with E-state index in [2.05, 4.69) is 16.8 Å². The second-order valence-corrected chi connectivity index (χ2v) is 2.15. The molecule has 0 atom stereocenters. The van der Waals surface area contributed by atoms with Crippen LogP contribution in [-0.4, -0.2) is 0 Å². The van der Waals surface area contributed by atoms with Crippen LogP contribution in [0.5, 0.6) is 0 Å². The quantitative estimate of drug-likeness (QED) is 0.565. The second kappa shape index (κ2) is 2.14. The smallest absolute Gasteiger partial charge is 0.129 e. The van der Waals surface area contributed by atoms with Gasteiger partial charge in [0.2, 0.25) is 0 Å². The van der Waals surface area contributed by atoms with Crippen molar-refractivity contribution in [3.8, 4) is 0 Å². The van der Waals surface area contributed by atoms with Gasteiger partial charge in [-0.05, 0) is 17.5 Å². The number of thiophene rings is 1. The molecule has 1 aromatic rings. The molecule has 0 aromatic carbocycles. The van der Waals surface area contributed by atoms with Gasteiger partial charge in [-0.2, -0.15) is 4.36 Å². The van der Waals surface area contributed by atoms with Crippen molar-refractivity contribution in [2.45, 2.75) is 0 Å². The predicted molar refractivity (Wildman–Crippen MR) is 33.8 cm³/mol. The fourth-order valence-electron chi connectivity index (χ4n) is 0.322. The molecule has 3 heteroatoms. The first-order valence-electron chi connectivity index (χ1n) is 1.80. The van der Waals surface area contributed by atoms with Crippen LogP contribution in [0.15, 0.2) is 21.9 Å². The molecule has 1 nitrogen and oxygen atoms in total. The summed E-state index contributed by atoms with van der Waals surface area (Å²) in [5.74, 6) is 0. The summed E-state index contributed by atoms with van der Waals surface area (Å²) in [6, 6.07) is 3.81. The fraction of sp³-hybridized carbons (Fsp3) is 0. The van der Waals surface area contributed by atoms with E-state index in [0.29, 0.717) is 0 Å². The largest absolute Gasteiger partial charge is 0.171 e. The minimum absolute atomic E-state index is 0.912. The number of hydrogen-bond donors (Lipinski definition) is 0. The van der Waals surface area contributed by atoms with Gasteiger partial charge in [0, 0.05) is 12.4 Å². The van der Waals surface area contributed by atoms with Gasteiger partial charge in [-0.15, -0.1) is 11.3 Å². The summed E-state index contributed by atoms with van der Waals surface area (Å²) >= 11 is 5.96. The van der Waals surface area contributed by atoms with E-state index in [-0.39, 0.29) is 0 Å². The molecule has 1 rings (SSSR count). The summed E-state index contributed by atoms with van der Waals surface area (Å²) in [6.45, 7) is 0. The zero-order chi connectivity index (χ0) is 5.11. The fourth-order valence-corrected chi connectivity index (χ4v) is 1.01. The molecule has 0 saturated heterocycles. The average molecular weight is 129 g/mol. The van der Waals surface area contributed by atoms with Crippen LogP contribution in [0.25, 0.3) is 0 Å². The van der Waals surface area contributed by atoms with Crippen molar-refractivity contribution < 1.29 is 0 Å². The third kappa shape index (κ3) is 1.04. The summed E-state index contributed by atoms with van der Waals surface area (Å²) < 4.78 is 3.53. The highest BCUT2D eigenvalue weighted by Crippen LogP contribution is 2.17. The molecule has 1 aromatic heterocycles. The maximum absolute atomic E-state index is 4.41. The lowest BCUT2D eigenvalue weighted by molar-refractivity contribution is 1.73. The van der Waals surface area contributed by atoms with Crippen molar-refractivity contribution >= 4 is 28.8 Å². The summed E-state index contributed by atoms with van der Waals surface area (Å²) in [4.78, 5) is 0. The van der Waals surface area contributed by atoms with E-state index in [0.717, 1.165) is 5.00 Å². The number of hydrogen-bond acceptors (Lipinski definition) is 3. The molecule has 1 heterocycles. The Bertz CT molecular complexity index is 145. The van der Waals surface area contributed by atoms with Crippen LogP contribution in [0, 0.1) is 0 Å². The lowest BCUT2D eigenvalue weighted by Crippen LogP contribution is -1.35. The summed E-state index contributed by atoms with van der Waals surface area (Å²) in [5, 5.41) is 2.86. The van der Waals surface area contributed by atoms with E-state index in [4.69, 9.17) is 0 Å². The molecular formula is C4H3NS2. The van der Waals surface area contributed by atoms with E-state index in [1.165, 1.54) is 0 Å². The predicted octanol–water partition coefficient (Wildman–Crippen LogP) is 2.11. The van der Waals surface area contributed by atoms with Crippen LogP contribution in [0.1, 0.15) is 0 Å². The van der Waals surface area contributed by atoms with Gasteiger partial charge in [-0.3, -0.25) is 0 Å². The third-order valence-corrected chi connectivity index (χ3v) is 1.67. The van der Waals surface area contributed by atoms with Crippen molar-refractivity contribution in [3.63, 3.8) is 0 Å². The molecule has 0 spiro atoms. The Balaban J connectivity index is 2.96. The molecule has 0 N–H and O–H groups in total.